The number of anilines is 2. The van der Waals surface area contributed by atoms with Crippen LogP contribution in [0.15, 0.2) is 24.3 Å². The highest BCUT2D eigenvalue weighted by Crippen LogP contribution is 2.34. The molecule has 2 N–H and O–H groups in total. The molecule has 0 radical (unpaired) electrons. The van der Waals surface area contributed by atoms with E-state index >= 15 is 0 Å². The quantitative estimate of drug-likeness (QED) is 0.406. The third-order valence-corrected chi connectivity index (χ3v) is 6.35. The number of fused-ring (bicyclic) bond motifs is 2. The number of thiol groups is 1. The molecule has 1 unspecified atom stereocenters. The summed E-state index contributed by atoms with van der Waals surface area (Å²) in [6, 6.07) is 7.52. The van der Waals surface area contributed by atoms with Crippen LogP contribution in [0.2, 0.25) is 0 Å². The number of hydrogen-bond acceptors (Lipinski definition) is 8. The molecular weight excluding hydrogens is 508 g/mol. The summed E-state index contributed by atoms with van der Waals surface area (Å²) in [6.45, 7) is 17.5. The molecule has 5 heterocycles. The molecule has 3 aromatic rings. The lowest BCUT2D eigenvalue weighted by atomic mass is 10.0. The predicted molar refractivity (Wildman–Crippen MR) is 163 cm³/mol. The van der Waals surface area contributed by atoms with Gasteiger partial charge in [0.2, 0.25) is 0 Å². The monoisotopic (exact) mass is 552 g/mol. The van der Waals surface area contributed by atoms with Gasteiger partial charge in [0, 0.05) is 42.4 Å². The Bertz CT molecular complexity index is 1290. The Kier molecular flexibility index (Phi) is 9.77. The fourth-order valence-corrected chi connectivity index (χ4v) is 4.35. The largest absolute Gasteiger partial charge is 0.357 e. The summed E-state index contributed by atoms with van der Waals surface area (Å²) >= 11 is 4.12. The molecule has 0 aromatic carbocycles. The van der Waals surface area contributed by atoms with Crippen molar-refractivity contribution in [3.63, 3.8) is 0 Å². The number of aryl methyl sites for hydroxylation is 1. The van der Waals surface area contributed by atoms with Crippen LogP contribution in [-0.4, -0.2) is 48.5 Å². The first-order chi connectivity index (χ1) is 18.3. The SMILES string of the molecule is CC.CC(C)(C)S.CC(N)c1nc(N(C)C(C)C)cc2c1CN(c1cccc(-c3nnc4n3CCC4)n1)C2=O. The molecule has 9 nitrogen and oxygen atoms in total. The zero-order valence-electron chi connectivity index (χ0n) is 24.9. The summed E-state index contributed by atoms with van der Waals surface area (Å²) in [5.74, 6) is 3.00. The van der Waals surface area contributed by atoms with Crippen LogP contribution < -0.4 is 15.5 Å². The van der Waals surface area contributed by atoms with Crippen molar-refractivity contribution in [2.75, 3.05) is 16.8 Å². The van der Waals surface area contributed by atoms with Crippen molar-refractivity contribution in [3.05, 3.63) is 46.9 Å². The van der Waals surface area contributed by atoms with Crippen LogP contribution in [0.1, 0.15) is 95.3 Å². The molecule has 212 valence electrons. The van der Waals surface area contributed by atoms with Gasteiger partial charge in [-0.25, -0.2) is 9.97 Å². The van der Waals surface area contributed by atoms with E-state index in [1.807, 2.05) is 57.0 Å². The van der Waals surface area contributed by atoms with Gasteiger partial charge < -0.3 is 15.2 Å². The van der Waals surface area contributed by atoms with Gasteiger partial charge in [-0.15, -0.1) is 10.2 Å². The number of hydrogen-bond donors (Lipinski definition) is 2. The lowest BCUT2D eigenvalue weighted by Gasteiger charge is -2.24. The smallest absolute Gasteiger partial charge is 0.260 e. The summed E-state index contributed by atoms with van der Waals surface area (Å²) < 4.78 is 2.30. The second-order valence-corrected chi connectivity index (χ2v) is 12.4. The zero-order chi connectivity index (χ0) is 29.1. The number of nitrogens with zero attached hydrogens (tertiary/aromatic N) is 7. The summed E-state index contributed by atoms with van der Waals surface area (Å²) in [7, 11) is 1.98. The van der Waals surface area contributed by atoms with Gasteiger partial charge in [-0.05, 0) is 45.4 Å². The van der Waals surface area contributed by atoms with Crippen LogP contribution in [0.4, 0.5) is 11.6 Å². The van der Waals surface area contributed by atoms with Crippen LogP contribution in [0.25, 0.3) is 11.5 Å². The van der Waals surface area contributed by atoms with Crippen LogP contribution in [0.5, 0.6) is 0 Å². The summed E-state index contributed by atoms with van der Waals surface area (Å²) in [5, 5.41) is 8.62. The minimum Gasteiger partial charge on any atom is -0.357 e. The van der Waals surface area contributed by atoms with Crippen molar-refractivity contribution in [2.45, 2.75) is 98.2 Å². The molecule has 0 saturated carbocycles. The fraction of sp³-hybridized carbons (Fsp3) is 0.552. The van der Waals surface area contributed by atoms with E-state index < -0.39 is 0 Å². The standard InChI is InChI=1S/C23H28N8O.C4H10S.C2H6/c1-13(2)29(4)20-11-15-16(21(26-20)14(3)24)12-31(23(15)32)18-8-5-7-17(25-18)22-28-27-19-9-6-10-30(19)22;1-4(2,3)5;1-2/h5,7-8,11,13-14H,6,9-10,12,24H2,1-4H3;5H,1-3H3;1-2H3. The van der Waals surface area contributed by atoms with Crippen LogP contribution in [0, 0.1) is 0 Å². The van der Waals surface area contributed by atoms with Crippen molar-refractivity contribution in [3.8, 4) is 11.5 Å². The molecule has 39 heavy (non-hydrogen) atoms. The van der Waals surface area contributed by atoms with E-state index in [0.717, 1.165) is 53.8 Å². The molecule has 5 rings (SSSR count). The summed E-state index contributed by atoms with van der Waals surface area (Å²) in [5.41, 5.74) is 9.25. The molecule has 0 saturated heterocycles. The molecule has 0 bridgehead atoms. The highest BCUT2D eigenvalue weighted by molar-refractivity contribution is 7.81. The number of carbonyl (C=O) groups is 1. The number of nitrogens with two attached hydrogens (primary N) is 1. The van der Waals surface area contributed by atoms with Crippen molar-refractivity contribution in [2.24, 2.45) is 5.73 Å². The number of carbonyl (C=O) groups excluding carboxylic acids is 1. The Morgan fingerprint density at radius 3 is 2.38 bits per heavy atom. The normalized spacial score (nSPS) is 14.8. The van der Waals surface area contributed by atoms with Crippen molar-refractivity contribution in [1.29, 1.82) is 0 Å². The second-order valence-electron chi connectivity index (χ2n) is 11.0. The molecule has 0 aliphatic carbocycles. The average molecular weight is 553 g/mol. The molecule has 2 aliphatic heterocycles. The molecule has 0 spiro atoms. The maximum Gasteiger partial charge on any atom is 0.260 e. The first kappa shape index (κ1) is 30.6. The average Bonchev–Trinajstić information content (AvgIpc) is 3.58. The van der Waals surface area contributed by atoms with Crippen molar-refractivity contribution < 1.29 is 4.79 Å². The first-order valence-corrected chi connectivity index (χ1v) is 14.3. The minimum absolute atomic E-state index is 0.0844. The molecular formula is C29H44N8OS. The van der Waals surface area contributed by atoms with Gasteiger partial charge in [0.1, 0.15) is 23.2 Å². The number of amides is 1. The lowest BCUT2D eigenvalue weighted by molar-refractivity contribution is 0.0996. The highest BCUT2D eigenvalue weighted by Gasteiger charge is 2.34. The molecule has 1 amide bonds. The van der Waals surface area contributed by atoms with E-state index in [4.69, 9.17) is 15.7 Å². The van der Waals surface area contributed by atoms with Crippen LogP contribution in [0.3, 0.4) is 0 Å². The number of rotatable bonds is 5. The van der Waals surface area contributed by atoms with Gasteiger partial charge in [-0.1, -0.05) is 40.7 Å². The number of pyridine rings is 2. The third kappa shape index (κ3) is 6.97. The Labute approximate surface area is 238 Å². The maximum absolute atomic E-state index is 13.5. The van der Waals surface area contributed by atoms with E-state index in [1.165, 1.54) is 0 Å². The third-order valence-electron chi connectivity index (χ3n) is 6.35. The van der Waals surface area contributed by atoms with E-state index in [1.54, 1.807) is 4.90 Å². The molecule has 1 atom stereocenters. The summed E-state index contributed by atoms with van der Waals surface area (Å²) in [6.07, 6.45) is 2.00. The van der Waals surface area contributed by atoms with Crippen molar-refractivity contribution in [1.82, 2.24) is 24.7 Å². The predicted octanol–water partition coefficient (Wildman–Crippen LogP) is 5.45. The minimum atomic E-state index is -0.283. The maximum atomic E-state index is 13.5. The molecule has 0 fully saturated rings. The molecule has 2 aliphatic rings. The Morgan fingerprint density at radius 1 is 1.10 bits per heavy atom. The van der Waals surface area contributed by atoms with Gasteiger partial charge in [-0.3, -0.25) is 9.69 Å². The van der Waals surface area contributed by atoms with Crippen LogP contribution >= 0.6 is 12.6 Å². The van der Waals surface area contributed by atoms with Gasteiger partial charge in [-0.2, -0.15) is 12.6 Å². The van der Waals surface area contributed by atoms with Gasteiger partial charge >= 0.3 is 0 Å². The fourth-order valence-electron chi connectivity index (χ4n) is 4.35. The van der Waals surface area contributed by atoms with Crippen LogP contribution in [-0.2, 0) is 19.5 Å². The first-order valence-electron chi connectivity index (χ1n) is 13.8. The second kappa shape index (κ2) is 12.5. The number of aromatic nitrogens is 5. The topological polar surface area (TPSA) is 106 Å². The zero-order valence-corrected chi connectivity index (χ0v) is 25.8. The van der Waals surface area contributed by atoms with Crippen molar-refractivity contribution >= 4 is 30.2 Å². The van der Waals surface area contributed by atoms with Gasteiger partial charge in [0.25, 0.3) is 5.91 Å². The van der Waals surface area contributed by atoms with Gasteiger partial charge in [0.05, 0.1) is 17.8 Å². The Balaban J connectivity index is 0.000000542. The van der Waals surface area contributed by atoms with E-state index in [-0.39, 0.29) is 22.7 Å². The van der Waals surface area contributed by atoms with E-state index in [9.17, 15) is 4.79 Å². The van der Waals surface area contributed by atoms with E-state index in [0.29, 0.717) is 17.9 Å². The van der Waals surface area contributed by atoms with E-state index in [2.05, 4.69) is 62.0 Å². The highest BCUT2D eigenvalue weighted by atomic mass is 32.1. The Morgan fingerprint density at radius 2 is 1.77 bits per heavy atom. The molecule has 10 heteroatoms. The van der Waals surface area contributed by atoms with Gasteiger partial charge in [0.15, 0.2) is 5.82 Å². The summed E-state index contributed by atoms with van der Waals surface area (Å²) in [4.78, 5) is 26.8. The Hall–Kier alpha value is -2.98. The molecule has 3 aromatic heterocycles. The lowest BCUT2D eigenvalue weighted by Crippen LogP contribution is -2.28.